The predicted octanol–water partition coefficient (Wildman–Crippen LogP) is 4.06. The fourth-order valence-corrected chi connectivity index (χ4v) is 3.86. The van der Waals surface area contributed by atoms with E-state index >= 15 is 0 Å². The van der Waals surface area contributed by atoms with Crippen LogP contribution in [0.1, 0.15) is 6.42 Å². The summed E-state index contributed by atoms with van der Waals surface area (Å²) >= 11 is 0. The normalized spacial score (nSPS) is 15.2. The molecule has 176 valence electrons. The summed E-state index contributed by atoms with van der Waals surface area (Å²) in [4.78, 5) is 26.9. The Kier molecular flexibility index (Phi) is 6.13. The number of nitrogens with zero attached hydrogens (tertiary/aromatic N) is 4. The molecule has 2 aromatic heterocycles. The minimum atomic E-state index is -0.436. The fraction of sp³-hybridized carbons (Fsp3) is 0.154. The molecule has 3 heterocycles. The number of aromatic nitrogens is 3. The third-order valence-electron chi connectivity index (χ3n) is 5.72. The third-order valence-corrected chi connectivity index (χ3v) is 5.72. The van der Waals surface area contributed by atoms with Crippen LogP contribution in [0.25, 0.3) is 5.82 Å². The van der Waals surface area contributed by atoms with Gasteiger partial charge in [0.2, 0.25) is 17.7 Å². The molecule has 1 N–H and O–H groups in total. The van der Waals surface area contributed by atoms with Crippen LogP contribution in [0.3, 0.4) is 0 Å². The lowest BCUT2D eigenvalue weighted by atomic mass is 10.1. The standard InChI is InChI=1S/C26H23N5O4/c1-34-21-10-6-20(7-11-21)31-17-18(16-25(31)32)26(33)27-19-4-8-22(9-5-19)35-24-13-12-23(28-29-24)30-14-2-3-15-30/h2-15,18H,16-17H2,1H3,(H,27,33). The molecule has 5 rings (SSSR count). The monoisotopic (exact) mass is 469 g/mol. The molecule has 9 heteroatoms. The van der Waals surface area contributed by atoms with Gasteiger partial charge >= 0.3 is 0 Å². The largest absolute Gasteiger partial charge is 0.497 e. The topological polar surface area (TPSA) is 98.6 Å². The van der Waals surface area contributed by atoms with E-state index in [-0.39, 0.29) is 18.2 Å². The first-order chi connectivity index (χ1) is 17.1. The van der Waals surface area contributed by atoms with E-state index < -0.39 is 5.92 Å². The number of methoxy groups -OCH3 is 1. The van der Waals surface area contributed by atoms with Gasteiger partial charge in [-0.3, -0.25) is 9.59 Å². The van der Waals surface area contributed by atoms with Crippen molar-refractivity contribution in [2.45, 2.75) is 6.42 Å². The number of nitrogens with one attached hydrogen (secondary N) is 1. The van der Waals surface area contributed by atoms with Gasteiger partial charge in [0.15, 0.2) is 5.82 Å². The molecular weight excluding hydrogens is 446 g/mol. The molecule has 1 fully saturated rings. The lowest BCUT2D eigenvalue weighted by molar-refractivity contribution is -0.122. The van der Waals surface area contributed by atoms with E-state index in [2.05, 4.69) is 15.5 Å². The number of carbonyl (C=O) groups is 2. The zero-order valence-corrected chi connectivity index (χ0v) is 19.0. The van der Waals surface area contributed by atoms with Crippen LogP contribution in [0.2, 0.25) is 0 Å². The Hall–Kier alpha value is -4.66. The smallest absolute Gasteiger partial charge is 0.238 e. The van der Waals surface area contributed by atoms with Crippen molar-refractivity contribution < 1.29 is 19.1 Å². The van der Waals surface area contributed by atoms with E-state index in [1.165, 1.54) is 0 Å². The minimum absolute atomic E-state index is 0.0806. The maximum Gasteiger partial charge on any atom is 0.238 e. The maximum absolute atomic E-state index is 12.8. The van der Waals surface area contributed by atoms with Crippen molar-refractivity contribution in [3.05, 3.63) is 85.2 Å². The predicted molar refractivity (Wildman–Crippen MR) is 130 cm³/mol. The molecule has 2 aromatic carbocycles. The van der Waals surface area contributed by atoms with Gasteiger partial charge in [0.1, 0.15) is 11.5 Å². The molecule has 0 aliphatic carbocycles. The van der Waals surface area contributed by atoms with Crippen LogP contribution in [0.5, 0.6) is 17.4 Å². The molecule has 0 radical (unpaired) electrons. The van der Waals surface area contributed by atoms with Crippen molar-refractivity contribution in [2.24, 2.45) is 5.92 Å². The van der Waals surface area contributed by atoms with Crippen molar-refractivity contribution >= 4 is 23.2 Å². The van der Waals surface area contributed by atoms with Crippen molar-refractivity contribution in [3.63, 3.8) is 0 Å². The molecule has 2 amide bonds. The van der Waals surface area contributed by atoms with Gasteiger partial charge in [0.05, 0.1) is 13.0 Å². The van der Waals surface area contributed by atoms with Crippen LogP contribution in [0.4, 0.5) is 11.4 Å². The van der Waals surface area contributed by atoms with E-state index in [0.29, 0.717) is 35.4 Å². The zero-order valence-electron chi connectivity index (χ0n) is 19.0. The van der Waals surface area contributed by atoms with Crippen LogP contribution >= 0.6 is 0 Å². The molecule has 0 saturated carbocycles. The number of anilines is 2. The second-order valence-electron chi connectivity index (χ2n) is 8.04. The van der Waals surface area contributed by atoms with Crippen LogP contribution in [0, 0.1) is 5.92 Å². The first-order valence-electron chi connectivity index (χ1n) is 11.1. The molecule has 4 aromatic rings. The molecule has 1 atom stereocenters. The van der Waals surface area contributed by atoms with E-state index in [1.54, 1.807) is 54.5 Å². The molecule has 1 aliphatic heterocycles. The molecule has 1 saturated heterocycles. The van der Waals surface area contributed by atoms with E-state index in [4.69, 9.17) is 9.47 Å². The number of benzene rings is 2. The Bertz CT molecular complexity index is 1300. The number of hydrogen-bond donors (Lipinski definition) is 1. The van der Waals surface area contributed by atoms with Gasteiger partial charge in [-0.15, -0.1) is 10.2 Å². The molecule has 0 spiro atoms. The van der Waals surface area contributed by atoms with Crippen LogP contribution in [0.15, 0.2) is 85.2 Å². The number of hydrogen-bond acceptors (Lipinski definition) is 6. The quantitative estimate of drug-likeness (QED) is 0.438. The lowest BCUT2D eigenvalue weighted by Crippen LogP contribution is -2.28. The van der Waals surface area contributed by atoms with Crippen LogP contribution in [-0.4, -0.2) is 40.2 Å². The van der Waals surface area contributed by atoms with Crippen LogP contribution in [-0.2, 0) is 9.59 Å². The average Bonchev–Trinajstić information content (AvgIpc) is 3.56. The second kappa shape index (κ2) is 9.68. The number of ether oxygens (including phenoxy) is 2. The maximum atomic E-state index is 12.8. The van der Waals surface area contributed by atoms with Gasteiger partial charge in [-0.1, -0.05) is 0 Å². The highest BCUT2D eigenvalue weighted by atomic mass is 16.5. The zero-order chi connectivity index (χ0) is 24.2. The summed E-state index contributed by atoms with van der Waals surface area (Å²) in [5.41, 5.74) is 1.36. The highest BCUT2D eigenvalue weighted by molar-refractivity contribution is 6.03. The summed E-state index contributed by atoms with van der Waals surface area (Å²) in [6, 6.07) is 21.5. The molecule has 0 bridgehead atoms. The van der Waals surface area contributed by atoms with Gasteiger partial charge < -0.3 is 24.3 Å². The van der Waals surface area contributed by atoms with E-state index in [1.807, 2.05) is 47.3 Å². The van der Waals surface area contributed by atoms with Gasteiger partial charge in [-0.25, -0.2) is 0 Å². The summed E-state index contributed by atoms with van der Waals surface area (Å²) < 4.78 is 12.8. The number of carbonyl (C=O) groups excluding carboxylic acids is 2. The molecular formula is C26H23N5O4. The number of rotatable bonds is 7. The lowest BCUT2D eigenvalue weighted by Gasteiger charge is -2.17. The molecule has 1 aliphatic rings. The molecule has 35 heavy (non-hydrogen) atoms. The Morgan fingerprint density at radius 1 is 0.943 bits per heavy atom. The Labute approximate surface area is 201 Å². The highest BCUT2D eigenvalue weighted by Gasteiger charge is 2.35. The molecule has 9 nitrogen and oxygen atoms in total. The fourth-order valence-electron chi connectivity index (χ4n) is 3.86. The Balaban J connectivity index is 1.17. The summed E-state index contributed by atoms with van der Waals surface area (Å²) in [6.45, 7) is 0.329. The van der Waals surface area contributed by atoms with Gasteiger partial charge in [0, 0.05) is 42.8 Å². The van der Waals surface area contributed by atoms with Crippen LogP contribution < -0.4 is 19.7 Å². The second-order valence-corrected chi connectivity index (χ2v) is 8.04. The van der Waals surface area contributed by atoms with Crippen molar-refractivity contribution in [1.29, 1.82) is 0 Å². The average molecular weight is 470 g/mol. The summed E-state index contributed by atoms with van der Waals surface area (Å²) in [5, 5.41) is 11.1. The first-order valence-corrected chi connectivity index (χ1v) is 11.1. The summed E-state index contributed by atoms with van der Waals surface area (Å²) in [7, 11) is 1.59. The van der Waals surface area contributed by atoms with E-state index in [9.17, 15) is 9.59 Å². The number of amides is 2. The van der Waals surface area contributed by atoms with Gasteiger partial charge in [0.25, 0.3) is 0 Å². The Morgan fingerprint density at radius 2 is 1.66 bits per heavy atom. The van der Waals surface area contributed by atoms with Crippen molar-refractivity contribution in [2.75, 3.05) is 23.9 Å². The highest BCUT2D eigenvalue weighted by Crippen LogP contribution is 2.28. The Morgan fingerprint density at radius 3 is 2.31 bits per heavy atom. The van der Waals surface area contributed by atoms with Gasteiger partial charge in [-0.05, 0) is 66.7 Å². The first kappa shape index (κ1) is 22.1. The van der Waals surface area contributed by atoms with Gasteiger partial charge in [-0.2, -0.15) is 0 Å². The molecule has 1 unspecified atom stereocenters. The van der Waals surface area contributed by atoms with Crippen molar-refractivity contribution in [1.82, 2.24) is 14.8 Å². The van der Waals surface area contributed by atoms with E-state index in [0.717, 1.165) is 5.69 Å². The summed E-state index contributed by atoms with van der Waals surface area (Å²) in [5.74, 6) is 1.61. The van der Waals surface area contributed by atoms with Crippen molar-refractivity contribution in [3.8, 4) is 23.2 Å². The SMILES string of the molecule is COc1ccc(N2CC(C(=O)Nc3ccc(Oc4ccc(-n5cccc5)nn4)cc3)CC2=O)cc1. The third kappa shape index (κ3) is 4.98. The minimum Gasteiger partial charge on any atom is -0.497 e. The summed E-state index contributed by atoms with van der Waals surface area (Å²) in [6.07, 6.45) is 3.93.